The van der Waals surface area contributed by atoms with Crippen LogP contribution in [-0.4, -0.2) is 4.98 Å². The van der Waals surface area contributed by atoms with E-state index in [4.69, 9.17) is 5.73 Å². The van der Waals surface area contributed by atoms with Crippen molar-refractivity contribution >= 4 is 11.5 Å². The van der Waals surface area contributed by atoms with Gasteiger partial charge in [-0.1, -0.05) is 13.5 Å². The second kappa shape index (κ2) is 4.65. The van der Waals surface area contributed by atoms with Gasteiger partial charge < -0.3 is 11.1 Å². The maximum absolute atomic E-state index is 12.7. The molecule has 1 aromatic heterocycles. The van der Waals surface area contributed by atoms with E-state index < -0.39 is 17.4 Å². The van der Waals surface area contributed by atoms with Gasteiger partial charge in [-0.15, -0.1) is 0 Å². The van der Waals surface area contributed by atoms with E-state index in [2.05, 4.69) is 16.9 Å². The largest absolute Gasteiger partial charge is 0.418 e. The predicted octanol–water partition coefficient (Wildman–Crippen LogP) is 3.33. The SMILES string of the molecule is C=C(CC)Nc1nc(C)cc(C(F)(F)F)c1N. The quantitative estimate of drug-likeness (QED) is 0.858. The summed E-state index contributed by atoms with van der Waals surface area (Å²) < 4.78 is 38.0. The summed E-state index contributed by atoms with van der Waals surface area (Å²) in [5.41, 5.74) is 4.98. The van der Waals surface area contributed by atoms with Gasteiger partial charge in [-0.05, 0) is 19.4 Å². The van der Waals surface area contributed by atoms with Crippen molar-refractivity contribution in [1.29, 1.82) is 0 Å². The summed E-state index contributed by atoms with van der Waals surface area (Å²) in [6.45, 7) is 6.95. The lowest BCUT2D eigenvalue weighted by Gasteiger charge is -2.15. The molecular formula is C11H14F3N3. The van der Waals surface area contributed by atoms with Gasteiger partial charge in [-0.25, -0.2) is 4.98 Å². The molecule has 17 heavy (non-hydrogen) atoms. The van der Waals surface area contributed by atoms with Crippen LogP contribution in [0.4, 0.5) is 24.7 Å². The molecule has 0 spiro atoms. The van der Waals surface area contributed by atoms with Gasteiger partial charge in [-0.2, -0.15) is 13.2 Å². The van der Waals surface area contributed by atoms with Crippen molar-refractivity contribution in [3.63, 3.8) is 0 Å². The average Bonchev–Trinajstić information content (AvgIpc) is 2.21. The summed E-state index contributed by atoms with van der Waals surface area (Å²) in [4.78, 5) is 3.94. The van der Waals surface area contributed by atoms with Crippen molar-refractivity contribution in [2.45, 2.75) is 26.4 Å². The highest BCUT2D eigenvalue weighted by Gasteiger charge is 2.34. The van der Waals surface area contributed by atoms with Crippen LogP contribution in [0.1, 0.15) is 24.6 Å². The molecule has 0 radical (unpaired) electrons. The third kappa shape index (κ3) is 3.12. The molecule has 0 saturated carbocycles. The molecule has 1 heterocycles. The molecule has 0 bridgehead atoms. The number of halogens is 3. The number of aryl methyl sites for hydroxylation is 1. The maximum atomic E-state index is 12.7. The minimum Gasteiger partial charge on any atom is -0.395 e. The van der Waals surface area contributed by atoms with Crippen LogP contribution in [0.25, 0.3) is 0 Å². The standard InChI is InChI=1S/C11H14F3N3/c1-4-6(2)16-10-9(15)8(11(12,13)14)5-7(3)17-10/h5H,2,4,15H2,1,3H3,(H,16,17). The third-order valence-electron chi connectivity index (χ3n) is 2.21. The molecule has 0 aromatic carbocycles. The zero-order valence-corrected chi connectivity index (χ0v) is 9.65. The second-order valence-electron chi connectivity index (χ2n) is 3.65. The van der Waals surface area contributed by atoms with Gasteiger partial charge in [0.2, 0.25) is 0 Å². The van der Waals surface area contributed by atoms with E-state index in [9.17, 15) is 13.2 Å². The number of pyridine rings is 1. The zero-order chi connectivity index (χ0) is 13.2. The maximum Gasteiger partial charge on any atom is 0.418 e. The normalized spacial score (nSPS) is 11.4. The molecule has 3 N–H and O–H groups in total. The molecule has 6 heteroatoms. The highest BCUT2D eigenvalue weighted by Crippen LogP contribution is 2.36. The van der Waals surface area contributed by atoms with E-state index in [1.807, 2.05) is 6.92 Å². The first kappa shape index (κ1) is 13.3. The number of nitrogen functional groups attached to an aromatic ring is 1. The van der Waals surface area contributed by atoms with Crippen LogP contribution in [0.3, 0.4) is 0 Å². The molecule has 0 saturated heterocycles. The van der Waals surface area contributed by atoms with Crippen molar-refractivity contribution in [2.75, 3.05) is 11.1 Å². The van der Waals surface area contributed by atoms with E-state index in [0.717, 1.165) is 6.07 Å². The van der Waals surface area contributed by atoms with Crippen LogP contribution in [0.5, 0.6) is 0 Å². The average molecular weight is 245 g/mol. The Kier molecular flexibility index (Phi) is 3.65. The van der Waals surface area contributed by atoms with Crippen molar-refractivity contribution in [3.8, 4) is 0 Å². The smallest absolute Gasteiger partial charge is 0.395 e. The van der Waals surface area contributed by atoms with Crippen LogP contribution in [-0.2, 0) is 6.18 Å². The number of nitrogens with one attached hydrogen (secondary N) is 1. The molecule has 0 aliphatic heterocycles. The van der Waals surface area contributed by atoms with E-state index in [1.54, 1.807) is 0 Å². The highest BCUT2D eigenvalue weighted by atomic mass is 19.4. The number of nitrogens with zero attached hydrogens (tertiary/aromatic N) is 1. The Morgan fingerprint density at radius 2 is 2.12 bits per heavy atom. The topological polar surface area (TPSA) is 50.9 Å². The zero-order valence-electron chi connectivity index (χ0n) is 9.65. The third-order valence-corrected chi connectivity index (χ3v) is 2.21. The van der Waals surface area contributed by atoms with Crippen molar-refractivity contribution < 1.29 is 13.2 Å². The molecule has 3 nitrogen and oxygen atoms in total. The molecule has 0 aliphatic carbocycles. The number of rotatable bonds is 3. The molecule has 0 unspecified atom stereocenters. The van der Waals surface area contributed by atoms with Gasteiger partial charge >= 0.3 is 6.18 Å². The molecule has 0 amide bonds. The van der Waals surface area contributed by atoms with Crippen molar-refractivity contribution in [3.05, 3.63) is 29.6 Å². The number of alkyl halides is 3. The Labute approximate surface area is 97.5 Å². The highest BCUT2D eigenvalue weighted by molar-refractivity contribution is 5.68. The first-order chi connectivity index (χ1) is 7.75. The van der Waals surface area contributed by atoms with E-state index in [1.165, 1.54) is 6.92 Å². The lowest BCUT2D eigenvalue weighted by atomic mass is 10.1. The predicted molar refractivity (Wildman–Crippen MR) is 61.4 cm³/mol. The van der Waals surface area contributed by atoms with Gasteiger partial charge in [0.05, 0.1) is 11.3 Å². The van der Waals surface area contributed by atoms with Crippen LogP contribution >= 0.6 is 0 Å². The molecule has 1 rings (SSSR count). The van der Waals surface area contributed by atoms with Crippen LogP contribution in [0.2, 0.25) is 0 Å². The van der Waals surface area contributed by atoms with Crippen LogP contribution in [0.15, 0.2) is 18.3 Å². The summed E-state index contributed by atoms with van der Waals surface area (Å²) in [7, 11) is 0. The number of hydrogen-bond donors (Lipinski definition) is 2. The summed E-state index contributed by atoms with van der Waals surface area (Å²) in [6.07, 6.45) is -3.90. The van der Waals surface area contributed by atoms with Crippen molar-refractivity contribution in [1.82, 2.24) is 4.98 Å². The van der Waals surface area contributed by atoms with E-state index in [0.29, 0.717) is 12.1 Å². The minimum atomic E-state index is -4.48. The van der Waals surface area contributed by atoms with Gasteiger partial charge in [0, 0.05) is 11.4 Å². The molecule has 1 aromatic rings. The number of allylic oxidation sites excluding steroid dienone is 1. The second-order valence-corrected chi connectivity index (χ2v) is 3.65. The molecule has 94 valence electrons. The fourth-order valence-corrected chi connectivity index (χ4v) is 1.27. The summed E-state index contributed by atoms with van der Waals surface area (Å²) in [6, 6.07) is 0.926. The first-order valence-corrected chi connectivity index (χ1v) is 5.04. The number of hydrogen-bond acceptors (Lipinski definition) is 3. The van der Waals surface area contributed by atoms with Crippen molar-refractivity contribution in [2.24, 2.45) is 0 Å². The molecule has 0 fully saturated rings. The Morgan fingerprint density at radius 1 is 1.53 bits per heavy atom. The summed E-state index contributed by atoms with van der Waals surface area (Å²) in [5.74, 6) is 0.00387. The summed E-state index contributed by atoms with van der Waals surface area (Å²) >= 11 is 0. The molecular weight excluding hydrogens is 231 g/mol. The van der Waals surface area contributed by atoms with Gasteiger partial charge in [0.15, 0.2) is 5.82 Å². The Bertz CT molecular complexity index is 438. The summed E-state index contributed by atoms with van der Waals surface area (Å²) in [5, 5.41) is 2.68. The number of anilines is 2. The number of aromatic nitrogens is 1. The van der Waals surface area contributed by atoms with Crippen LogP contribution in [0, 0.1) is 6.92 Å². The Balaban J connectivity index is 3.24. The van der Waals surface area contributed by atoms with Gasteiger partial charge in [-0.3, -0.25) is 0 Å². The number of nitrogens with two attached hydrogens (primary N) is 1. The fourth-order valence-electron chi connectivity index (χ4n) is 1.27. The van der Waals surface area contributed by atoms with E-state index in [-0.39, 0.29) is 11.5 Å². The van der Waals surface area contributed by atoms with Crippen LogP contribution < -0.4 is 11.1 Å². The Morgan fingerprint density at radius 3 is 2.59 bits per heavy atom. The molecule has 0 aliphatic rings. The van der Waals surface area contributed by atoms with Gasteiger partial charge in [0.1, 0.15) is 0 Å². The fraction of sp³-hybridized carbons (Fsp3) is 0.364. The lowest BCUT2D eigenvalue weighted by Crippen LogP contribution is -2.13. The molecule has 0 atom stereocenters. The van der Waals surface area contributed by atoms with E-state index >= 15 is 0 Å². The monoisotopic (exact) mass is 245 g/mol. The lowest BCUT2D eigenvalue weighted by molar-refractivity contribution is -0.137. The minimum absolute atomic E-state index is 0.00387. The van der Waals surface area contributed by atoms with Gasteiger partial charge in [0.25, 0.3) is 0 Å². The first-order valence-electron chi connectivity index (χ1n) is 5.04. The Hall–Kier alpha value is -1.72.